The molecule has 1 aromatic carbocycles. The number of aryl methyl sites for hydroxylation is 1. The van der Waals surface area contributed by atoms with Crippen molar-refractivity contribution in [2.24, 2.45) is 0 Å². The topological polar surface area (TPSA) is 23.8 Å². The zero-order valence-electron chi connectivity index (χ0n) is 8.96. The van der Waals surface area contributed by atoms with Gasteiger partial charge in [0.1, 0.15) is 0 Å². The Morgan fingerprint density at radius 3 is 2.21 bits per heavy atom. The van der Waals surface area contributed by atoms with Crippen molar-refractivity contribution >= 4 is 5.57 Å². The maximum Gasteiger partial charge on any atom is 0.0669 e. The van der Waals surface area contributed by atoms with E-state index >= 15 is 0 Å². The standard InChI is InChI=1S/C13H15N/c1-10(2)13(8-9-14)12-6-4-11(3)5-7-12/h4-7H,8H2,1-3H3. The largest absolute Gasteiger partial charge is 0.198 e. The summed E-state index contributed by atoms with van der Waals surface area (Å²) in [6, 6.07) is 10.5. The number of allylic oxidation sites excluding steroid dienone is 2. The lowest BCUT2D eigenvalue weighted by molar-refractivity contribution is 1.28. The lowest BCUT2D eigenvalue weighted by Gasteiger charge is -2.06. The fourth-order valence-corrected chi connectivity index (χ4v) is 1.40. The molecule has 0 saturated heterocycles. The van der Waals surface area contributed by atoms with Crippen molar-refractivity contribution in [3.8, 4) is 6.07 Å². The Hall–Kier alpha value is -1.55. The third kappa shape index (κ3) is 2.47. The minimum Gasteiger partial charge on any atom is -0.198 e. The van der Waals surface area contributed by atoms with E-state index < -0.39 is 0 Å². The summed E-state index contributed by atoms with van der Waals surface area (Å²) in [5, 5.41) is 8.72. The summed E-state index contributed by atoms with van der Waals surface area (Å²) >= 11 is 0. The highest BCUT2D eigenvalue weighted by Gasteiger charge is 2.02. The van der Waals surface area contributed by atoms with Crippen LogP contribution >= 0.6 is 0 Å². The third-order valence-electron chi connectivity index (χ3n) is 2.26. The molecule has 0 aliphatic carbocycles. The molecule has 0 bridgehead atoms. The van der Waals surface area contributed by atoms with Gasteiger partial charge in [0.05, 0.1) is 12.5 Å². The minimum atomic E-state index is 0.491. The first kappa shape index (κ1) is 10.5. The van der Waals surface area contributed by atoms with E-state index in [0.717, 1.165) is 11.1 Å². The number of rotatable bonds is 2. The number of nitriles is 1. The van der Waals surface area contributed by atoms with E-state index in [0.29, 0.717) is 6.42 Å². The lowest BCUT2D eigenvalue weighted by Crippen LogP contribution is -1.86. The van der Waals surface area contributed by atoms with Crippen LogP contribution in [0.25, 0.3) is 5.57 Å². The number of hydrogen-bond donors (Lipinski definition) is 0. The van der Waals surface area contributed by atoms with Gasteiger partial charge in [-0.2, -0.15) is 5.26 Å². The number of hydrogen-bond acceptors (Lipinski definition) is 1. The Kier molecular flexibility index (Phi) is 3.48. The summed E-state index contributed by atoms with van der Waals surface area (Å²) < 4.78 is 0. The van der Waals surface area contributed by atoms with E-state index in [1.54, 1.807) is 0 Å². The molecule has 0 saturated carbocycles. The van der Waals surface area contributed by atoms with Crippen LogP contribution in [-0.4, -0.2) is 0 Å². The molecular weight excluding hydrogens is 170 g/mol. The molecule has 0 spiro atoms. The Labute approximate surface area is 85.7 Å². The van der Waals surface area contributed by atoms with Gasteiger partial charge >= 0.3 is 0 Å². The molecule has 0 aliphatic rings. The Morgan fingerprint density at radius 2 is 1.79 bits per heavy atom. The van der Waals surface area contributed by atoms with Gasteiger partial charge in [0.2, 0.25) is 0 Å². The lowest BCUT2D eigenvalue weighted by atomic mass is 9.98. The van der Waals surface area contributed by atoms with Gasteiger partial charge in [-0.25, -0.2) is 0 Å². The number of benzene rings is 1. The van der Waals surface area contributed by atoms with Crippen LogP contribution in [0.2, 0.25) is 0 Å². The van der Waals surface area contributed by atoms with E-state index in [-0.39, 0.29) is 0 Å². The van der Waals surface area contributed by atoms with Crippen molar-refractivity contribution in [1.82, 2.24) is 0 Å². The quantitative estimate of drug-likeness (QED) is 0.689. The molecule has 0 fully saturated rings. The summed E-state index contributed by atoms with van der Waals surface area (Å²) in [5.74, 6) is 0. The smallest absolute Gasteiger partial charge is 0.0669 e. The molecule has 1 nitrogen and oxygen atoms in total. The maximum atomic E-state index is 8.72. The van der Waals surface area contributed by atoms with Crippen molar-refractivity contribution < 1.29 is 0 Å². The first-order chi connectivity index (χ1) is 6.65. The van der Waals surface area contributed by atoms with Crippen molar-refractivity contribution in [2.75, 3.05) is 0 Å². The van der Waals surface area contributed by atoms with Crippen molar-refractivity contribution in [3.05, 3.63) is 41.0 Å². The molecule has 0 aromatic heterocycles. The van der Waals surface area contributed by atoms with E-state index in [1.165, 1.54) is 11.1 Å². The molecule has 72 valence electrons. The molecule has 1 aromatic rings. The first-order valence-corrected chi connectivity index (χ1v) is 4.75. The van der Waals surface area contributed by atoms with Crippen LogP contribution in [0.4, 0.5) is 0 Å². The van der Waals surface area contributed by atoms with Gasteiger partial charge in [0.15, 0.2) is 0 Å². The van der Waals surface area contributed by atoms with Gasteiger partial charge in [0.25, 0.3) is 0 Å². The summed E-state index contributed by atoms with van der Waals surface area (Å²) in [4.78, 5) is 0. The van der Waals surface area contributed by atoms with Crippen LogP contribution in [0, 0.1) is 18.3 Å². The molecule has 0 N–H and O–H groups in total. The predicted molar refractivity (Wildman–Crippen MR) is 59.7 cm³/mol. The summed E-state index contributed by atoms with van der Waals surface area (Å²) in [5.41, 5.74) is 4.78. The van der Waals surface area contributed by atoms with Crippen molar-refractivity contribution in [1.29, 1.82) is 5.26 Å². The second-order valence-corrected chi connectivity index (χ2v) is 3.68. The highest BCUT2D eigenvalue weighted by Crippen LogP contribution is 2.21. The second kappa shape index (κ2) is 4.62. The molecule has 14 heavy (non-hydrogen) atoms. The zero-order chi connectivity index (χ0) is 10.6. The maximum absolute atomic E-state index is 8.72. The van der Waals surface area contributed by atoms with E-state index in [2.05, 4.69) is 37.3 Å². The SMILES string of the molecule is CC(C)=C(CC#N)c1ccc(C)cc1. The van der Waals surface area contributed by atoms with Crippen LogP contribution in [0.15, 0.2) is 29.8 Å². The van der Waals surface area contributed by atoms with Gasteiger partial charge in [-0.05, 0) is 31.9 Å². The second-order valence-electron chi connectivity index (χ2n) is 3.68. The Morgan fingerprint density at radius 1 is 1.21 bits per heavy atom. The third-order valence-corrected chi connectivity index (χ3v) is 2.26. The molecule has 0 aliphatic heterocycles. The molecule has 1 rings (SSSR count). The molecule has 0 heterocycles. The highest BCUT2D eigenvalue weighted by molar-refractivity contribution is 5.69. The van der Waals surface area contributed by atoms with Gasteiger partial charge in [0, 0.05) is 0 Å². The van der Waals surface area contributed by atoms with Gasteiger partial charge in [-0.3, -0.25) is 0 Å². The van der Waals surface area contributed by atoms with Crippen LogP contribution in [0.3, 0.4) is 0 Å². The van der Waals surface area contributed by atoms with E-state index in [9.17, 15) is 0 Å². The Bertz CT molecular complexity index is 373. The molecule has 0 unspecified atom stereocenters. The molecule has 0 amide bonds. The zero-order valence-corrected chi connectivity index (χ0v) is 8.96. The van der Waals surface area contributed by atoms with Crippen molar-refractivity contribution in [3.63, 3.8) is 0 Å². The van der Waals surface area contributed by atoms with Crippen LogP contribution in [0.1, 0.15) is 31.4 Å². The van der Waals surface area contributed by atoms with E-state index in [1.807, 2.05) is 13.8 Å². The predicted octanol–water partition coefficient (Wildman–Crippen LogP) is 3.70. The average Bonchev–Trinajstić information content (AvgIpc) is 2.15. The highest BCUT2D eigenvalue weighted by atomic mass is 14.2. The normalized spacial score (nSPS) is 9.29. The molecule has 0 atom stereocenters. The van der Waals surface area contributed by atoms with Crippen LogP contribution in [-0.2, 0) is 0 Å². The van der Waals surface area contributed by atoms with Crippen LogP contribution < -0.4 is 0 Å². The molecule has 1 heteroatoms. The summed E-state index contributed by atoms with van der Waals surface area (Å²) in [6.07, 6.45) is 0.491. The van der Waals surface area contributed by atoms with E-state index in [4.69, 9.17) is 5.26 Å². The Balaban J connectivity index is 3.09. The summed E-state index contributed by atoms with van der Waals surface area (Å²) in [6.45, 7) is 6.16. The van der Waals surface area contributed by atoms with Crippen molar-refractivity contribution in [2.45, 2.75) is 27.2 Å². The number of nitrogens with zero attached hydrogens (tertiary/aromatic N) is 1. The van der Waals surface area contributed by atoms with Gasteiger partial charge < -0.3 is 0 Å². The average molecular weight is 185 g/mol. The molecule has 0 radical (unpaired) electrons. The van der Waals surface area contributed by atoms with Gasteiger partial charge in [-0.15, -0.1) is 0 Å². The minimum absolute atomic E-state index is 0.491. The van der Waals surface area contributed by atoms with Crippen LogP contribution in [0.5, 0.6) is 0 Å². The molecular formula is C13H15N. The summed E-state index contributed by atoms with van der Waals surface area (Å²) in [7, 11) is 0. The fraction of sp³-hybridized carbons (Fsp3) is 0.308. The van der Waals surface area contributed by atoms with Gasteiger partial charge in [-0.1, -0.05) is 35.4 Å². The monoisotopic (exact) mass is 185 g/mol. The fourth-order valence-electron chi connectivity index (χ4n) is 1.40. The first-order valence-electron chi connectivity index (χ1n) is 4.75.